The van der Waals surface area contributed by atoms with E-state index in [0.717, 1.165) is 30.0 Å². The van der Waals surface area contributed by atoms with Crippen LogP contribution in [-0.4, -0.2) is 37.5 Å². The van der Waals surface area contributed by atoms with Crippen LogP contribution in [0.4, 0.5) is 11.4 Å². The number of hydrogen-bond acceptors (Lipinski definition) is 3. The van der Waals surface area contributed by atoms with E-state index >= 15 is 0 Å². The van der Waals surface area contributed by atoms with Crippen LogP contribution < -0.4 is 10.6 Å². The lowest BCUT2D eigenvalue weighted by Gasteiger charge is -2.25. The summed E-state index contributed by atoms with van der Waals surface area (Å²) in [6.45, 7) is 7.90. The van der Waals surface area contributed by atoms with Gasteiger partial charge < -0.3 is 15.5 Å². The Morgan fingerprint density at radius 3 is 2.39 bits per heavy atom. The van der Waals surface area contributed by atoms with Gasteiger partial charge in [-0.2, -0.15) is 0 Å². The molecule has 0 saturated carbocycles. The lowest BCUT2D eigenvalue weighted by Crippen LogP contribution is -2.39. The van der Waals surface area contributed by atoms with E-state index in [1.807, 2.05) is 55.8 Å². The minimum absolute atomic E-state index is 0.152. The molecular formula is C14H23N3O. The molecule has 4 heteroatoms. The first kappa shape index (κ1) is 14.4. The number of hydrogen-bond donors (Lipinski definition) is 1. The molecule has 0 fully saturated rings. The first-order valence-corrected chi connectivity index (χ1v) is 6.34. The molecule has 0 aromatic heterocycles. The van der Waals surface area contributed by atoms with E-state index < -0.39 is 0 Å². The topological polar surface area (TPSA) is 49.6 Å². The molecule has 1 rings (SSSR count). The van der Waals surface area contributed by atoms with Crippen LogP contribution in [0.3, 0.4) is 0 Å². The van der Waals surface area contributed by atoms with Crippen molar-refractivity contribution < 1.29 is 4.79 Å². The maximum Gasteiger partial charge on any atom is 0.242 e. The monoisotopic (exact) mass is 249 g/mol. The van der Waals surface area contributed by atoms with Gasteiger partial charge in [0.2, 0.25) is 5.91 Å². The predicted molar refractivity (Wildman–Crippen MR) is 76.8 cm³/mol. The van der Waals surface area contributed by atoms with Gasteiger partial charge >= 0.3 is 0 Å². The standard InChI is InChI=1S/C14H23N3O/c1-5-17(6-2)14(18)10-16(4)13-8-7-12(15)9-11(13)3/h7-9H,5-6,10,15H2,1-4H3. The second-order valence-electron chi connectivity index (χ2n) is 4.47. The normalized spacial score (nSPS) is 10.2. The minimum Gasteiger partial charge on any atom is -0.399 e. The van der Waals surface area contributed by atoms with Crippen LogP contribution in [-0.2, 0) is 4.79 Å². The summed E-state index contributed by atoms with van der Waals surface area (Å²) < 4.78 is 0. The third-order valence-corrected chi connectivity index (χ3v) is 3.12. The summed E-state index contributed by atoms with van der Waals surface area (Å²) in [5.41, 5.74) is 8.61. The first-order chi connectivity index (χ1) is 8.49. The molecule has 0 aliphatic carbocycles. The number of likely N-dealkylation sites (N-methyl/N-ethyl adjacent to an activating group) is 2. The molecule has 100 valence electrons. The second kappa shape index (κ2) is 6.28. The zero-order chi connectivity index (χ0) is 13.7. The van der Waals surface area contributed by atoms with Gasteiger partial charge in [0, 0.05) is 31.5 Å². The molecule has 0 aliphatic heterocycles. The molecule has 0 bridgehead atoms. The first-order valence-electron chi connectivity index (χ1n) is 6.34. The van der Waals surface area contributed by atoms with Crippen molar-refractivity contribution in [2.45, 2.75) is 20.8 Å². The third kappa shape index (κ3) is 3.39. The van der Waals surface area contributed by atoms with E-state index in [-0.39, 0.29) is 5.91 Å². The molecule has 1 amide bonds. The maximum atomic E-state index is 12.0. The van der Waals surface area contributed by atoms with Gasteiger partial charge in [0.05, 0.1) is 6.54 Å². The minimum atomic E-state index is 0.152. The molecule has 0 heterocycles. The Bertz CT molecular complexity index is 414. The van der Waals surface area contributed by atoms with Crippen LogP contribution in [0.15, 0.2) is 18.2 Å². The summed E-state index contributed by atoms with van der Waals surface area (Å²) in [6.07, 6.45) is 0. The van der Waals surface area contributed by atoms with Gasteiger partial charge in [0.25, 0.3) is 0 Å². The van der Waals surface area contributed by atoms with Crippen molar-refractivity contribution in [1.82, 2.24) is 4.90 Å². The number of amides is 1. The summed E-state index contributed by atoms with van der Waals surface area (Å²) in [5, 5.41) is 0. The van der Waals surface area contributed by atoms with Gasteiger partial charge in [-0.3, -0.25) is 4.79 Å². The number of nitrogens with two attached hydrogens (primary N) is 1. The van der Waals surface area contributed by atoms with Gasteiger partial charge in [0.1, 0.15) is 0 Å². The Kier molecular flexibility index (Phi) is 5.01. The van der Waals surface area contributed by atoms with Crippen LogP contribution in [0.1, 0.15) is 19.4 Å². The van der Waals surface area contributed by atoms with Gasteiger partial charge in [-0.1, -0.05) is 0 Å². The third-order valence-electron chi connectivity index (χ3n) is 3.12. The summed E-state index contributed by atoms with van der Waals surface area (Å²) in [7, 11) is 1.93. The molecule has 0 spiro atoms. The van der Waals surface area contributed by atoms with Gasteiger partial charge in [-0.15, -0.1) is 0 Å². The molecule has 0 atom stereocenters. The fourth-order valence-corrected chi connectivity index (χ4v) is 2.07. The van der Waals surface area contributed by atoms with Crippen molar-refractivity contribution in [2.75, 3.05) is 37.3 Å². The number of anilines is 2. The van der Waals surface area contributed by atoms with Gasteiger partial charge in [-0.25, -0.2) is 0 Å². The maximum absolute atomic E-state index is 12.0. The molecule has 2 N–H and O–H groups in total. The fraction of sp³-hybridized carbons (Fsp3) is 0.500. The Hall–Kier alpha value is -1.71. The van der Waals surface area contributed by atoms with E-state index in [0.29, 0.717) is 6.54 Å². The summed E-state index contributed by atoms with van der Waals surface area (Å²) in [4.78, 5) is 15.8. The summed E-state index contributed by atoms with van der Waals surface area (Å²) in [6, 6.07) is 5.74. The highest BCUT2D eigenvalue weighted by Gasteiger charge is 2.13. The average Bonchev–Trinajstić information content (AvgIpc) is 2.30. The van der Waals surface area contributed by atoms with Crippen molar-refractivity contribution in [3.8, 4) is 0 Å². The van der Waals surface area contributed by atoms with E-state index in [4.69, 9.17) is 5.73 Å². The molecule has 18 heavy (non-hydrogen) atoms. The molecule has 0 unspecified atom stereocenters. The molecule has 1 aromatic rings. The number of nitrogens with zero attached hydrogens (tertiary/aromatic N) is 2. The Morgan fingerprint density at radius 1 is 1.28 bits per heavy atom. The van der Waals surface area contributed by atoms with Crippen molar-refractivity contribution in [3.05, 3.63) is 23.8 Å². The van der Waals surface area contributed by atoms with Crippen molar-refractivity contribution in [3.63, 3.8) is 0 Å². The highest BCUT2D eigenvalue weighted by molar-refractivity contribution is 5.81. The highest BCUT2D eigenvalue weighted by atomic mass is 16.2. The lowest BCUT2D eigenvalue weighted by atomic mass is 10.1. The molecule has 0 aliphatic rings. The Balaban J connectivity index is 2.76. The molecule has 4 nitrogen and oxygen atoms in total. The van der Waals surface area contributed by atoms with Crippen molar-refractivity contribution in [1.29, 1.82) is 0 Å². The SMILES string of the molecule is CCN(CC)C(=O)CN(C)c1ccc(N)cc1C. The number of rotatable bonds is 5. The van der Waals surface area contributed by atoms with Crippen molar-refractivity contribution in [2.24, 2.45) is 0 Å². The number of benzene rings is 1. The summed E-state index contributed by atoms with van der Waals surface area (Å²) in [5.74, 6) is 0.152. The van der Waals surface area contributed by atoms with Crippen LogP contribution in [0.2, 0.25) is 0 Å². The van der Waals surface area contributed by atoms with Crippen LogP contribution >= 0.6 is 0 Å². The largest absolute Gasteiger partial charge is 0.399 e. The molecule has 0 saturated heterocycles. The van der Waals surface area contributed by atoms with Crippen LogP contribution in [0, 0.1) is 6.92 Å². The lowest BCUT2D eigenvalue weighted by molar-refractivity contribution is -0.129. The smallest absolute Gasteiger partial charge is 0.242 e. The highest BCUT2D eigenvalue weighted by Crippen LogP contribution is 2.21. The predicted octanol–water partition coefficient (Wildman–Crippen LogP) is 1.88. The van der Waals surface area contributed by atoms with Crippen LogP contribution in [0.5, 0.6) is 0 Å². The van der Waals surface area contributed by atoms with E-state index in [9.17, 15) is 4.79 Å². The van der Waals surface area contributed by atoms with Gasteiger partial charge in [0.15, 0.2) is 0 Å². The van der Waals surface area contributed by atoms with Crippen molar-refractivity contribution >= 4 is 17.3 Å². The Labute approximate surface area is 109 Å². The van der Waals surface area contributed by atoms with E-state index in [1.165, 1.54) is 0 Å². The quantitative estimate of drug-likeness (QED) is 0.811. The number of aryl methyl sites for hydroxylation is 1. The van der Waals surface area contributed by atoms with Gasteiger partial charge in [-0.05, 0) is 44.5 Å². The molecular weight excluding hydrogens is 226 g/mol. The zero-order valence-electron chi connectivity index (χ0n) is 11.7. The number of carbonyl (C=O) groups excluding carboxylic acids is 1. The molecule has 0 radical (unpaired) electrons. The Morgan fingerprint density at radius 2 is 1.89 bits per heavy atom. The number of nitrogen functional groups attached to an aromatic ring is 1. The summed E-state index contributed by atoms with van der Waals surface area (Å²) >= 11 is 0. The second-order valence-corrected chi connectivity index (χ2v) is 4.47. The van der Waals surface area contributed by atoms with E-state index in [2.05, 4.69) is 0 Å². The fourth-order valence-electron chi connectivity index (χ4n) is 2.07. The zero-order valence-corrected chi connectivity index (χ0v) is 11.7. The average molecular weight is 249 g/mol. The number of carbonyl (C=O) groups is 1. The van der Waals surface area contributed by atoms with E-state index in [1.54, 1.807) is 0 Å². The van der Waals surface area contributed by atoms with Crippen LogP contribution in [0.25, 0.3) is 0 Å². The molecule has 1 aromatic carbocycles.